The molecule has 0 bridgehead atoms. The number of hydrogen-bond acceptors (Lipinski definition) is 6. The first kappa shape index (κ1) is 15.5. The fourth-order valence-corrected chi connectivity index (χ4v) is 4.44. The van der Waals surface area contributed by atoms with Crippen LogP contribution in [0.25, 0.3) is 21.6 Å². The molecule has 26 heavy (non-hydrogen) atoms. The van der Waals surface area contributed by atoms with Crippen LogP contribution in [0.15, 0.2) is 59.1 Å². The normalized spacial score (nSPS) is 15.6. The van der Waals surface area contributed by atoms with Crippen LogP contribution >= 0.6 is 11.3 Å². The van der Waals surface area contributed by atoms with E-state index >= 15 is 0 Å². The van der Waals surface area contributed by atoms with Gasteiger partial charge in [0, 0.05) is 24.6 Å². The molecule has 1 saturated heterocycles. The molecule has 3 heterocycles. The van der Waals surface area contributed by atoms with E-state index in [1.807, 2.05) is 36.4 Å². The van der Waals surface area contributed by atoms with Crippen LogP contribution in [0.2, 0.25) is 0 Å². The van der Waals surface area contributed by atoms with Gasteiger partial charge >= 0.3 is 0 Å². The van der Waals surface area contributed by atoms with Crippen LogP contribution in [-0.4, -0.2) is 28.2 Å². The molecule has 0 saturated carbocycles. The maximum atomic E-state index is 5.55. The Labute approximate surface area is 155 Å². The van der Waals surface area contributed by atoms with Gasteiger partial charge in [-0.1, -0.05) is 59.0 Å². The second kappa shape index (κ2) is 6.53. The molecule has 0 N–H and O–H groups in total. The van der Waals surface area contributed by atoms with Gasteiger partial charge in [0.15, 0.2) is 5.13 Å². The number of anilines is 1. The van der Waals surface area contributed by atoms with Crippen molar-refractivity contribution in [2.45, 2.75) is 18.8 Å². The molecule has 0 atom stereocenters. The fourth-order valence-electron chi connectivity index (χ4n) is 3.42. The van der Waals surface area contributed by atoms with Crippen molar-refractivity contribution in [1.82, 2.24) is 15.1 Å². The van der Waals surface area contributed by atoms with E-state index in [-0.39, 0.29) is 0 Å². The van der Waals surface area contributed by atoms with Crippen molar-refractivity contribution in [1.29, 1.82) is 0 Å². The quantitative estimate of drug-likeness (QED) is 0.527. The van der Waals surface area contributed by atoms with Gasteiger partial charge < -0.3 is 9.42 Å². The number of nitrogens with zero attached hydrogens (tertiary/aromatic N) is 4. The summed E-state index contributed by atoms with van der Waals surface area (Å²) in [6, 6.07) is 18.3. The molecule has 4 aromatic rings. The zero-order valence-corrected chi connectivity index (χ0v) is 15.0. The van der Waals surface area contributed by atoms with Crippen LogP contribution in [0, 0.1) is 0 Å². The smallest absolute Gasteiger partial charge is 0.230 e. The van der Waals surface area contributed by atoms with Crippen LogP contribution < -0.4 is 4.90 Å². The summed E-state index contributed by atoms with van der Waals surface area (Å²) in [6.45, 7) is 1.93. The predicted molar refractivity (Wildman–Crippen MR) is 104 cm³/mol. The van der Waals surface area contributed by atoms with Crippen molar-refractivity contribution < 1.29 is 4.52 Å². The molecule has 6 heteroatoms. The molecule has 0 radical (unpaired) electrons. The lowest BCUT2D eigenvalue weighted by Crippen LogP contribution is -2.32. The molecule has 130 valence electrons. The number of para-hydroxylation sites is 1. The minimum absolute atomic E-state index is 0.325. The van der Waals surface area contributed by atoms with Crippen molar-refractivity contribution in [3.05, 3.63) is 60.5 Å². The van der Waals surface area contributed by atoms with Crippen LogP contribution in [0.5, 0.6) is 0 Å². The van der Waals surface area contributed by atoms with Gasteiger partial charge in [0.1, 0.15) is 0 Å². The first-order valence-electron chi connectivity index (χ1n) is 8.86. The van der Waals surface area contributed by atoms with Crippen LogP contribution in [-0.2, 0) is 0 Å². The first-order chi connectivity index (χ1) is 12.9. The predicted octanol–water partition coefficient (Wildman–Crippen LogP) is 4.73. The molecule has 0 unspecified atom stereocenters. The molecule has 1 aliphatic heterocycles. The number of fused-ring (bicyclic) bond motifs is 1. The number of hydrogen-bond donors (Lipinski definition) is 0. The van der Waals surface area contributed by atoms with Crippen molar-refractivity contribution in [3.8, 4) is 11.4 Å². The highest BCUT2D eigenvalue weighted by atomic mass is 32.1. The maximum Gasteiger partial charge on any atom is 0.230 e. The molecule has 5 rings (SSSR count). The fraction of sp³-hybridized carbons (Fsp3) is 0.250. The second-order valence-corrected chi connectivity index (χ2v) is 7.56. The lowest BCUT2D eigenvalue weighted by atomic mass is 9.97. The molecule has 1 fully saturated rings. The van der Waals surface area contributed by atoms with E-state index in [0.717, 1.165) is 48.0 Å². The Hall–Kier alpha value is -2.73. The van der Waals surface area contributed by atoms with Crippen molar-refractivity contribution in [3.63, 3.8) is 0 Å². The Bertz CT molecular complexity index is 985. The van der Waals surface area contributed by atoms with Crippen molar-refractivity contribution in [2.24, 2.45) is 0 Å². The minimum atomic E-state index is 0.325. The van der Waals surface area contributed by atoms with Gasteiger partial charge in [0.25, 0.3) is 0 Å². The van der Waals surface area contributed by atoms with E-state index in [4.69, 9.17) is 9.51 Å². The highest BCUT2D eigenvalue weighted by Gasteiger charge is 2.26. The molecular formula is C20H18N4OS. The number of aromatic nitrogens is 3. The van der Waals surface area contributed by atoms with Crippen molar-refractivity contribution in [2.75, 3.05) is 18.0 Å². The third-order valence-corrected chi connectivity index (χ3v) is 5.97. The Balaban J connectivity index is 1.29. The average Bonchev–Trinajstić information content (AvgIpc) is 3.36. The zero-order chi connectivity index (χ0) is 17.3. The van der Waals surface area contributed by atoms with E-state index < -0.39 is 0 Å². The van der Waals surface area contributed by atoms with Gasteiger partial charge in [-0.25, -0.2) is 4.98 Å². The lowest BCUT2D eigenvalue weighted by molar-refractivity contribution is 0.329. The Morgan fingerprint density at radius 1 is 0.923 bits per heavy atom. The third-order valence-electron chi connectivity index (χ3n) is 4.87. The molecule has 0 spiro atoms. The Morgan fingerprint density at radius 2 is 1.69 bits per heavy atom. The molecule has 0 amide bonds. The summed E-state index contributed by atoms with van der Waals surface area (Å²) < 4.78 is 6.80. The van der Waals surface area contributed by atoms with E-state index in [2.05, 4.69) is 33.2 Å². The second-order valence-electron chi connectivity index (χ2n) is 6.55. The van der Waals surface area contributed by atoms with E-state index in [9.17, 15) is 0 Å². The lowest BCUT2D eigenvalue weighted by Gasteiger charge is -2.29. The number of piperidine rings is 1. The van der Waals surface area contributed by atoms with Gasteiger partial charge in [0.2, 0.25) is 11.7 Å². The topological polar surface area (TPSA) is 55.1 Å². The zero-order valence-electron chi connectivity index (χ0n) is 14.2. The Morgan fingerprint density at radius 3 is 2.50 bits per heavy atom. The summed E-state index contributed by atoms with van der Waals surface area (Å²) in [6.07, 6.45) is 2.01. The minimum Gasteiger partial charge on any atom is -0.348 e. The van der Waals surface area contributed by atoms with Gasteiger partial charge in [-0.15, -0.1) is 0 Å². The van der Waals surface area contributed by atoms with Gasteiger partial charge in [-0.05, 0) is 25.0 Å². The molecular weight excluding hydrogens is 344 g/mol. The van der Waals surface area contributed by atoms with Gasteiger partial charge in [-0.3, -0.25) is 0 Å². The molecule has 0 aliphatic carbocycles. The van der Waals surface area contributed by atoms with E-state index in [1.165, 1.54) is 4.70 Å². The molecule has 2 aromatic carbocycles. The van der Waals surface area contributed by atoms with Gasteiger partial charge in [-0.2, -0.15) is 4.98 Å². The first-order valence-corrected chi connectivity index (χ1v) is 9.68. The highest BCUT2D eigenvalue weighted by Crippen LogP contribution is 2.34. The summed E-state index contributed by atoms with van der Waals surface area (Å²) in [5, 5.41) is 5.27. The SMILES string of the molecule is c1ccc(-c2noc(C3CCN(c4nc5ccccc5s4)CC3)n2)cc1. The number of rotatable bonds is 3. The van der Waals surface area contributed by atoms with Crippen LogP contribution in [0.1, 0.15) is 24.7 Å². The summed E-state index contributed by atoms with van der Waals surface area (Å²) in [5.74, 6) is 1.76. The largest absolute Gasteiger partial charge is 0.348 e. The van der Waals surface area contributed by atoms with Crippen LogP contribution in [0.4, 0.5) is 5.13 Å². The summed E-state index contributed by atoms with van der Waals surface area (Å²) in [7, 11) is 0. The third kappa shape index (κ3) is 2.86. The monoisotopic (exact) mass is 362 g/mol. The van der Waals surface area contributed by atoms with E-state index in [1.54, 1.807) is 11.3 Å². The Kier molecular flexibility index (Phi) is 3.90. The van der Waals surface area contributed by atoms with E-state index in [0.29, 0.717) is 11.7 Å². The van der Waals surface area contributed by atoms with Crippen molar-refractivity contribution >= 4 is 26.7 Å². The standard InChI is InChI=1S/C20H18N4OS/c1-2-6-14(7-3-1)18-22-19(25-23-18)15-10-12-24(13-11-15)20-21-16-8-4-5-9-17(16)26-20/h1-9,15H,10-13H2. The molecule has 1 aliphatic rings. The molecule has 5 nitrogen and oxygen atoms in total. The molecule has 2 aromatic heterocycles. The maximum absolute atomic E-state index is 5.55. The summed E-state index contributed by atoms with van der Waals surface area (Å²) in [4.78, 5) is 11.8. The average molecular weight is 362 g/mol. The summed E-state index contributed by atoms with van der Waals surface area (Å²) in [5.41, 5.74) is 2.08. The number of benzene rings is 2. The van der Waals surface area contributed by atoms with Gasteiger partial charge in [0.05, 0.1) is 10.2 Å². The summed E-state index contributed by atoms with van der Waals surface area (Å²) >= 11 is 1.77. The number of thiazole rings is 1. The van der Waals surface area contributed by atoms with Crippen LogP contribution in [0.3, 0.4) is 0 Å². The highest BCUT2D eigenvalue weighted by molar-refractivity contribution is 7.22.